The number of rotatable bonds is 5. The molecule has 2 aromatic carbocycles. The third-order valence-electron chi connectivity index (χ3n) is 4.76. The molecule has 28 heavy (non-hydrogen) atoms. The largest absolute Gasteiger partial charge is 0.497 e. The second kappa shape index (κ2) is 7.38. The highest BCUT2D eigenvalue weighted by molar-refractivity contribution is 5.94. The Morgan fingerprint density at radius 3 is 2.79 bits per heavy atom. The highest BCUT2D eigenvalue weighted by atomic mass is 16.5. The smallest absolute Gasteiger partial charge is 0.226 e. The van der Waals surface area contributed by atoms with Crippen molar-refractivity contribution in [2.45, 2.75) is 32.3 Å². The maximum absolute atomic E-state index is 12.5. The Labute approximate surface area is 164 Å². The van der Waals surface area contributed by atoms with Crippen LogP contribution in [0.1, 0.15) is 37.4 Å². The van der Waals surface area contributed by atoms with Crippen LogP contribution in [0.5, 0.6) is 11.5 Å². The molecule has 1 atom stereocenters. The lowest BCUT2D eigenvalue weighted by molar-refractivity contribution is -0.116. The molecule has 2 heterocycles. The summed E-state index contributed by atoms with van der Waals surface area (Å²) in [4.78, 5) is 17.2. The minimum atomic E-state index is -0.162. The predicted molar refractivity (Wildman–Crippen MR) is 107 cm³/mol. The highest BCUT2D eigenvalue weighted by Crippen LogP contribution is 2.41. The van der Waals surface area contributed by atoms with Gasteiger partial charge in [0, 0.05) is 24.0 Å². The van der Waals surface area contributed by atoms with Gasteiger partial charge in [-0.1, -0.05) is 24.3 Å². The number of imidazole rings is 1. The number of carbonyl (C=O) groups excluding carboxylic acids is 1. The average molecular weight is 377 g/mol. The Kier molecular flexibility index (Phi) is 4.77. The van der Waals surface area contributed by atoms with Crippen molar-refractivity contribution in [3.63, 3.8) is 0 Å². The molecule has 3 aromatic rings. The Balaban J connectivity index is 1.79. The fourth-order valence-corrected chi connectivity index (χ4v) is 3.55. The molecule has 6 heteroatoms. The second-order valence-corrected chi connectivity index (χ2v) is 7.06. The van der Waals surface area contributed by atoms with Gasteiger partial charge in [-0.05, 0) is 32.0 Å². The molecule has 1 N–H and O–H groups in total. The molecule has 0 bridgehead atoms. The van der Waals surface area contributed by atoms with E-state index in [0.717, 1.165) is 28.4 Å². The number of para-hydroxylation sites is 1. The van der Waals surface area contributed by atoms with Crippen molar-refractivity contribution in [2.24, 2.45) is 0 Å². The molecule has 0 aliphatic carbocycles. The van der Waals surface area contributed by atoms with E-state index in [1.807, 2.05) is 66.9 Å². The summed E-state index contributed by atoms with van der Waals surface area (Å²) in [6.45, 7) is 3.99. The Morgan fingerprint density at radius 1 is 1.18 bits per heavy atom. The van der Waals surface area contributed by atoms with E-state index in [2.05, 4.69) is 10.3 Å². The molecule has 1 amide bonds. The van der Waals surface area contributed by atoms with Crippen LogP contribution >= 0.6 is 0 Å². The van der Waals surface area contributed by atoms with Crippen LogP contribution in [0.15, 0.2) is 54.9 Å². The molecule has 6 nitrogen and oxygen atoms in total. The van der Waals surface area contributed by atoms with Gasteiger partial charge in [-0.25, -0.2) is 4.98 Å². The Morgan fingerprint density at radius 2 is 2.00 bits per heavy atom. The molecule has 0 saturated carbocycles. The van der Waals surface area contributed by atoms with Crippen molar-refractivity contribution in [1.29, 1.82) is 0 Å². The summed E-state index contributed by atoms with van der Waals surface area (Å²) in [5.41, 5.74) is 2.69. The van der Waals surface area contributed by atoms with Gasteiger partial charge in [0.05, 0.1) is 24.6 Å². The lowest BCUT2D eigenvalue weighted by Gasteiger charge is -2.25. The topological polar surface area (TPSA) is 65.4 Å². The number of carbonyl (C=O) groups is 1. The first-order valence-corrected chi connectivity index (χ1v) is 9.34. The third kappa shape index (κ3) is 3.33. The normalized spacial score (nSPS) is 15.9. The molecule has 0 spiro atoms. The van der Waals surface area contributed by atoms with Crippen LogP contribution in [-0.4, -0.2) is 28.7 Å². The van der Waals surface area contributed by atoms with E-state index in [0.29, 0.717) is 12.2 Å². The summed E-state index contributed by atoms with van der Waals surface area (Å²) >= 11 is 0. The van der Waals surface area contributed by atoms with Crippen LogP contribution < -0.4 is 14.8 Å². The molecule has 0 saturated heterocycles. The molecule has 0 fully saturated rings. The number of methoxy groups -OCH3 is 1. The van der Waals surface area contributed by atoms with Gasteiger partial charge in [0.25, 0.3) is 0 Å². The molecule has 144 valence electrons. The van der Waals surface area contributed by atoms with E-state index in [-0.39, 0.29) is 17.9 Å². The molecule has 4 rings (SSSR count). The summed E-state index contributed by atoms with van der Waals surface area (Å²) in [6.07, 6.45) is 2.12. The zero-order valence-electron chi connectivity index (χ0n) is 16.2. The first-order valence-electron chi connectivity index (χ1n) is 9.34. The van der Waals surface area contributed by atoms with E-state index in [9.17, 15) is 4.79 Å². The molecular formula is C22H23N3O3. The van der Waals surface area contributed by atoms with Crippen molar-refractivity contribution >= 4 is 11.7 Å². The standard InChI is InChI=1S/C22H23N3O3/c1-14(2)28-19-10-5-4-9-17(19)18-12-20(26)24-22-21(18)23-13-25(22)15-7-6-8-16(11-15)27-3/h4-11,13-14,18H,12H2,1-3H3,(H,24,26)/t18-/m1/s1. The zero-order valence-corrected chi connectivity index (χ0v) is 16.2. The SMILES string of the molecule is COc1cccc(-n2cnc3c2NC(=O)C[C@@H]3c2ccccc2OC(C)C)c1. The molecular weight excluding hydrogens is 354 g/mol. The summed E-state index contributed by atoms with van der Waals surface area (Å²) < 4.78 is 13.2. The summed E-state index contributed by atoms with van der Waals surface area (Å²) in [6, 6.07) is 15.5. The van der Waals surface area contributed by atoms with Crippen LogP contribution in [0.4, 0.5) is 5.82 Å². The fraction of sp³-hybridized carbons (Fsp3) is 0.273. The van der Waals surface area contributed by atoms with Gasteiger partial charge < -0.3 is 14.8 Å². The van der Waals surface area contributed by atoms with Gasteiger partial charge in [-0.3, -0.25) is 9.36 Å². The predicted octanol–water partition coefficient (Wildman–Crippen LogP) is 4.14. The number of fused-ring (bicyclic) bond motifs is 1. The lowest BCUT2D eigenvalue weighted by atomic mass is 9.89. The van der Waals surface area contributed by atoms with Gasteiger partial charge in [0.1, 0.15) is 23.6 Å². The molecule has 1 aliphatic heterocycles. The van der Waals surface area contributed by atoms with Crippen molar-refractivity contribution in [1.82, 2.24) is 9.55 Å². The third-order valence-corrected chi connectivity index (χ3v) is 4.76. The number of nitrogens with zero attached hydrogens (tertiary/aromatic N) is 2. The number of hydrogen-bond donors (Lipinski definition) is 1. The van der Waals surface area contributed by atoms with Crippen molar-refractivity contribution < 1.29 is 14.3 Å². The van der Waals surface area contributed by atoms with Crippen LogP contribution in [-0.2, 0) is 4.79 Å². The minimum absolute atomic E-state index is 0.0403. The summed E-state index contributed by atoms with van der Waals surface area (Å²) in [5, 5.41) is 2.98. The van der Waals surface area contributed by atoms with Crippen molar-refractivity contribution in [2.75, 3.05) is 12.4 Å². The minimum Gasteiger partial charge on any atom is -0.497 e. The van der Waals surface area contributed by atoms with Gasteiger partial charge in [0.15, 0.2) is 0 Å². The van der Waals surface area contributed by atoms with Gasteiger partial charge in [-0.2, -0.15) is 0 Å². The van der Waals surface area contributed by atoms with E-state index in [4.69, 9.17) is 9.47 Å². The monoisotopic (exact) mass is 377 g/mol. The Hall–Kier alpha value is -3.28. The number of anilines is 1. The highest BCUT2D eigenvalue weighted by Gasteiger charge is 2.32. The van der Waals surface area contributed by atoms with E-state index in [1.54, 1.807) is 13.4 Å². The van der Waals surface area contributed by atoms with Crippen molar-refractivity contribution in [3.8, 4) is 17.2 Å². The first-order chi connectivity index (χ1) is 13.6. The number of aromatic nitrogens is 2. The maximum atomic E-state index is 12.5. The zero-order chi connectivity index (χ0) is 19.7. The fourth-order valence-electron chi connectivity index (χ4n) is 3.55. The van der Waals surface area contributed by atoms with Gasteiger partial charge >= 0.3 is 0 Å². The Bertz CT molecular complexity index is 1010. The van der Waals surface area contributed by atoms with Gasteiger partial charge in [0.2, 0.25) is 5.91 Å². The van der Waals surface area contributed by atoms with Crippen LogP contribution in [0.25, 0.3) is 5.69 Å². The van der Waals surface area contributed by atoms with Gasteiger partial charge in [-0.15, -0.1) is 0 Å². The molecule has 0 unspecified atom stereocenters. The number of benzene rings is 2. The number of hydrogen-bond acceptors (Lipinski definition) is 4. The number of nitrogens with one attached hydrogen (secondary N) is 1. The summed E-state index contributed by atoms with van der Waals surface area (Å²) in [5.74, 6) is 2.02. The maximum Gasteiger partial charge on any atom is 0.226 e. The van der Waals surface area contributed by atoms with E-state index in [1.165, 1.54) is 0 Å². The second-order valence-electron chi connectivity index (χ2n) is 7.06. The average Bonchev–Trinajstić information content (AvgIpc) is 3.11. The molecule has 0 radical (unpaired) electrons. The van der Waals surface area contributed by atoms with Crippen LogP contribution in [0.3, 0.4) is 0 Å². The molecule has 1 aromatic heterocycles. The lowest BCUT2D eigenvalue weighted by Crippen LogP contribution is -2.25. The number of amides is 1. The van der Waals surface area contributed by atoms with Crippen LogP contribution in [0.2, 0.25) is 0 Å². The van der Waals surface area contributed by atoms with Crippen molar-refractivity contribution in [3.05, 3.63) is 66.1 Å². The summed E-state index contributed by atoms with van der Waals surface area (Å²) in [7, 11) is 1.63. The quantitative estimate of drug-likeness (QED) is 0.726. The van der Waals surface area contributed by atoms with E-state index < -0.39 is 0 Å². The van der Waals surface area contributed by atoms with E-state index >= 15 is 0 Å². The van der Waals surface area contributed by atoms with Crippen LogP contribution in [0, 0.1) is 0 Å². The molecule has 1 aliphatic rings. The number of ether oxygens (including phenoxy) is 2. The first kappa shape index (κ1) is 18.1.